The van der Waals surface area contributed by atoms with Crippen LogP contribution in [0.2, 0.25) is 0 Å². The predicted octanol–water partition coefficient (Wildman–Crippen LogP) is 3.52. The average molecular weight is 248 g/mol. The van der Waals surface area contributed by atoms with Gasteiger partial charge in [0.25, 0.3) is 0 Å². The van der Waals surface area contributed by atoms with Gasteiger partial charge in [-0.15, -0.1) is 0 Å². The molecule has 1 fully saturated rings. The number of aliphatic hydroxyl groups is 1. The minimum Gasteiger partial charge on any atom is -0.388 e. The highest BCUT2D eigenvalue weighted by Gasteiger charge is 2.23. The lowest BCUT2D eigenvalue weighted by Crippen LogP contribution is -2.14. The van der Waals surface area contributed by atoms with Crippen LogP contribution in [0.25, 0.3) is 0 Å². The summed E-state index contributed by atoms with van der Waals surface area (Å²) in [4.78, 5) is 0. The van der Waals surface area contributed by atoms with Gasteiger partial charge in [0, 0.05) is 13.0 Å². The highest BCUT2D eigenvalue weighted by Crippen LogP contribution is 2.32. The zero-order valence-corrected chi connectivity index (χ0v) is 11.9. The molecular formula is C16H24O2. The maximum absolute atomic E-state index is 10.5. The predicted molar refractivity (Wildman–Crippen MR) is 73.9 cm³/mol. The van der Waals surface area contributed by atoms with Gasteiger partial charge in [-0.05, 0) is 68.4 Å². The van der Waals surface area contributed by atoms with E-state index in [2.05, 4.69) is 33.8 Å². The van der Waals surface area contributed by atoms with E-state index in [4.69, 9.17) is 4.74 Å². The zero-order chi connectivity index (χ0) is 13.3. The van der Waals surface area contributed by atoms with Crippen molar-refractivity contribution < 1.29 is 9.84 Å². The first-order valence-electron chi connectivity index (χ1n) is 6.87. The lowest BCUT2D eigenvalue weighted by atomic mass is 9.89. The second kappa shape index (κ2) is 5.41. The van der Waals surface area contributed by atoms with Crippen molar-refractivity contribution in [3.05, 3.63) is 33.9 Å². The van der Waals surface area contributed by atoms with Crippen molar-refractivity contribution in [1.82, 2.24) is 0 Å². The van der Waals surface area contributed by atoms with Gasteiger partial charge in [0.05, 0.1) is 12.2 Å². The second-order valence-electron chi connectivity index (χ2n) is 5.56. The summed E-state index contributed by atoms with van der Waals surface area (Å²) in [5.41, 5.74) is 6.09. The van der Waals surface area contributed by atoms with Crippen LogP contribution in [0.4, 0.5) is 0 Å². The zero-order valence-electron chi connectivity index (χ0n) is 11.9. The molecule has 0 aliphatic carbocycles. The Morgan fingerprint density at radius 2 is 1.83 bits per heavy atom. The van der Waals surface area contributed by atoms with Gasteiger partial charge in [-0.1, -0.05) is 6.07 Å². The fourth-order valence-electron chi connectivity index (χ4n) is 2.94. The molecule has 1 heterocycles. The standard InChI is InChI=1S/C16H24O2/c1-10-8-11(2)13(4)16(12(10)3)15(17)9-14-6-5-7-18-14/h8,14-15,17H,5-7,9H2,1-4H3. The Labute approximate surface area is 110 Å². The molecule has 1 aliphatic heterocycles. The third-order valence-electron chi connectivity index (χ3n) is 4.27. The molecule has 0 amide bonds. The molecule has 0 aromatic heterocycles. The van der Waals surface area contributed by atoms with Gasteiger partial charge >= 0.3 is 0 Å². The lowest BCUT2D eigenvalue weighted by Gasteiger charge is -2.22. The SMILES string of the molecule is Cc1cc(C)c(C)c(C(O)CC2CCCO2)c1C. The number of rotatable bonds is 3. The van der Waals surface area contributed by atoms with Crippen LogP contribution in [0.5, 0.6) is 0 Å². The largest absolute Gasteiger partial charge is 0.388 e. The fraction of sp³-hybridized carbons (Fsp3) is 0.625. The van der Waals surface area contributed by atoms with Crippen LogP contribution in [0.15, 0.2) is 6.07 Å². The maximum Gasteiger partial charge on any atom is 0.0820 e. The fourth-order valence-corrected chi connectivity index (χ4v) is 2.94. The minimum atomic E-state index is -0.397. The topological polar surface area (TPSA) is 29.5 Å². The molecule has 2 unspecified atom stereocenters. The number of hydrogen-bond donors (Lipinski definition) is 1. The Hall–Kier alpha value is -0.860. The van der Waals surface area contributed by atoms with Crippen molar-refractivity contribution in [2.24, 2.45) is 0 Å². The van der Waals surface area contributed by atoms with E-state index in [1.54, 1.807) is 0 Å². The summed E-state index contributed by atoms with van der Waals surface area (Å²) in [6.07, 6.45) is 2.78. The highest BCUT2D eigenvalue weighted by molar-refractivity contribution is 5.45. The summed E-state index contributed by atoms with van der Waals surface area (Å²) in [5, 5.41) is 10.5. The molecule has 1 aliphatic rings. The van der Waals surface area contributed by atoms with Crippen LogP contribution in [-0.4, -0.2) is 17.8 Å². The van der Waals surface area contributed by atoms with E-state index in [0.29, 0.717) is 0 Å². The Bertz CT molecular complexity index is 405. The van der Waals surface area contributed by atoms with E-state index in [0.717, 1.165) is 31.4 Å². The van der Waals surface area contributed by atoms with E-state index in [1.807, 2.05) is 0 Å². The molecule has 1 N–H and O–H groups in total. The molecule has 18 heavy (non-hydrogen) atoms. The van der Waals surface area contributed by atoms with Crippen molar-refractivity contribution in [1.29, 1.82) is 0 Å². The van der Waals surface area contributed by atoms with E-state index in [9.17, 15) is 5.11 Å². The number of benzene rings is 1. The lowest BCUT2D eigenvalue weighted by molar-refractivity contribution is 0.0530. The first-order chi connectivity index (χ1) is 8.50. The van der Waals surface area contributed by atoms with Crippen LogP contribution in [0.3, 0.4) is 0 Å². The van der Waals surface area contributed by atoms with Crippen LogP contribution in [0.1, 0.15) is 53.2 Å². The van der Waals surface area contributed by atoms with Gasteiger partial charge in [0.1, 0.15) is 0 Å². The summed E-state index contributed by atoms with van der Waals surface area (Å²) in [6, 6.07) is 2.20. The normalized spacial score (nSPS) is 21.3. The van der Waals surface area contributed by atoms with Crippen molar-refractivity contribution in [3.63, 3.8) is 0 Å². The van der Waals surface area contributed by atoms with Gasteiger partial charge in [0.15, 0.2) is 0 Å². The smallest absolute Gasteiger partial charge is 0.0820 e. The summed E-state index contributed by atoms with van der Waals surface area (Å²) >= 11 is 0. The quantitative estimate of drug-likeness (QED) is 0.886. The number of hydrogen-bond acceptors (Lipinski definition) is 2. The molecule has 1 saturated heterocycles. The number of aliphatic hydroxyl groups excluding tert-OH is 1. The van der Waals surface area contributed by atoms with Gasteiger partial charge in [-0.2, -0.15) is 0 Å². The van der Waals surface area contributed by atoms with E-state index in [-0.39, 0.29) is 6.10 Å². The minimum absolute atomic E-state index is 0.236. The second-order valence-corrected chi connectivity index (χ2v) is 5.56. The van der Waals surface area contributed by atoms with Crippen molar-refractivity contribution >= 4 is 0 Å². The molecule has 2 atom stereocenters. The van der Waals surface area contributed by atoms with Gasteiger partial charge in [-0.3, -0.25) is 0 Å². The van der Waals surface area contributed by atoms with Crippen LogP contribution in [-0.2, 0) is 4.74 Å². The number of ether oxygens (including phenoxy) is 1. The van der Waals surface area contributed by atoms with Crippen LogP contribution >= 0.6 is 0 Å². The third-order valence-corrected chi connectivity index (χ3v) is 4.27. The average Bonchev–Trinajstić information content (AvgIpc) is 2.79. The molecule has 2 rings (SSSR count). The third kappa shape index (κ3) is 2.60. The summed E-state index contributed by atoms with van der Waals surface area (Å²) in [6.45, 7) is 9.29. The molecule has 100 valence electrons. The molecule has 2 heteroatoms. The van der Waals surface area contributed by atoms with E-state index < -0.39 is 6.10 Å². The first-order valence-corrected chi connectivity index (χ1v) is 6.87. The maximum atomic E-state index is 10.5. The molecule has 1 aromatic carbocycles. The van der Waals surface area contributed by atoms with Crippen molar-refractivity contribution in [2.45, 2.75) is 59.2 Å². The molecule has 0 spiro atoms. The molecule has 0 bridgehead atoms. The van der Waals surface area contributed by atoms with E-state index >= 15 is 0 Å². The monoisotopic (exact) mass is 248 g/mol. The van der Waals surface area contributed by atoms with Crippen LogP contribution < -0.4 is 0 Å². The Morgan fingerprint density at radius 1 is 1.22 bits per heavy atom. The summed E-state index contributed by atoms with van der Waals surface area (Å²) in [5.74, 6) is 0. The van der Waals surface area contributed by atoms with Crippen molar-refractivity contribution in [3.8, 4) is 0 Å². The summed E-state index contributed by atoms with van der Waals surface area (Å²) in [7, 11) is 0. The Balaban J connectivity index is 2.25. The molecule has 2 nitrogen and oxygen atoms in total. The Morgan fingerprint density at radius 3 is 2.33 bits per heavy atom. The number of aryl methyl sites for hydroxylation is 2. The first kappa shape index (κ1) is 13.6. The molecular weight excluding hydrogens is 224 g/mol. The Kier molecular flexibility index (Phi) is 4.08. The van der Waals surface area contributed by atoms with Gasteiger partial charge in [-0.25, -0.2) is 0 Å². The van der Waals surface area contributed by atoms with Crippen molar-refractivity contribution in [2.75, 3.05) is 6.61 Å². The summed E-state index contributed by atoms with van der Waals surface area (Å²) < 4.78 is 5.63. The van der Waals surface area contributed by atoms with E-state index in [1.165, 1.54) is 22.3 Å². The van der Waals surface area contributed by atoms with Gasteiger partial charge < -0.3 is 9.84 Å². The molecule has 1 aromatic rings. The highest BCUT2D eigenvalue weighted by atomic mass is 16.5. The van der Waals surface area contributed by atoms with Crippen LogP contribution in [0, 0.1) is 27.7 Å². The molecule has 0 saturated carbocycles. The van der Waals surface area contributed by atoms with Gasteiger partial charge in [0.2, 0.25) is 0 Å². The molecule has 0 radical (unpaired) electrons.